The van der Waals surface area contributed by atoms with Crippen LogP contribution in [0.3, 0.4) is 0 Å². The fourth-order valence-electron chi connectivity index (χ4n) is 3.65. The third-order valence-electron chi connectivity index (χ3n) is 5.29. The number of para-hydroxylation sites is 2. The van der Waals surface area contributed by atoms with Crippen LogP contribution in [0, 0.1) is 5.82 Å². The minimum Gasteiger partial charge on any atom is -0.490 e. The number of fused-ring (bicyclic) bond motifs is 1. The van der Waals surface area contributed by atoms with Gasteiger partial charge < -0.3 is 19.8 Å². The van der Waals surface area contributed by atoms with Crippen molar-refractivity contribution in [3.05, 3.63) is 86.9 Å². The fraction of sp³-hybridized carbons (Fsp3) is 0.269. The fourth-order valence-corrected chi connectivity index (χ4v) is 4.48. The van der Waals surface area contributed by atoms with E-state index in [9.17, 15) is 4.39 Å². The number of halogens is 3. The number of hydrogen-bond donors (Lipinski definition) is 2. The van der Waals surface area contributed by atoms with Gasteiger partial charge in [-0.1, -0.05) is 29.8 Å². The van der Waals surface area contributed by atoms with Gasteiger partial charge in [-0.3, -0.25) is 0 Å². The molecule has 4 aromatic rings. The number of rotatable bonds is 11. The summed E-state index contributed by atoms with van der Waals surface area (Å²) in [5.41, 5.74) is 3.85. The SMILES string of the molecule is CCOc1cc(CNCCCc2nc3ccccc3[nH]2)cc(Br)c1OCc1ccc(F)cc1Cl. The summed E-state index contributed by atoms with van der Waals surface area (Å²) in [5, 5.41) is 3.81. The van der Waals surface area contributed by atoms with E-state index in [2.05, 4.69) is 31.2 Å². The van der Waals surface area contributed by atoms with E-state index in [0.29, 0.717) is 35.2 Å². The van der Waals surface area contributed by atoms with E-state index in [1.807, 2.05) is 43.3 Å². The Morgan fingerprint density at radius 3 is 2.76 bits per heavy atom. The molecule has 4 rings (SSSR count). The maximum atomic E-state index is 13.3. The van der Waals surface area contributed by atoms with Crippen molar-refractivity contribution in [3.63, 3.8) is 0 Å². The second-order valence-corrected chi connectivity index (χ2v) is 9.10. The Morgan fingerprint density at radius 1 is 1.12 bits per heavy atom. The molecule has 0 atom stereocenters. The number of nitrogens with zero attached hydrogens (tertiary/aromatic N) is 1. The van der Waals surface area contributed by atoms with E-state index in [1.54, 1.807) is 6.07 Å². The first-order valence-electron chi connectivity index (χ1n) is 11.2. The summed E-state index contributed by atoms with van der Waals surface area (Å²) in [6.45, 7) is 4.20. The van der Waals surface area contributed by atoms with Gasteiger partial charge >= 0.3 is 0 Å². The van der Waals surface area contributed by atoms with Crippen LogP contribution in [-0.4, -0.2) is 23.1 Å². The van der Waals surface area contributed by atoms with Crippen LogP contribution < -0.4 is 14.8 Å². The molecular weight excluding hydrogens is 521 g/mol. The van der Waals surface area contributed by atoms with E-state index in [0.717, 1.165) is 46.3 Å². The molecule has 1 heterocycles. The highest BCUT2D eigenvalue weighted by Crippen LogP contribution is 2.38. The Balaban J connectivity index is 1.32. The lowest BCUT2D eigenvalue weighted by molar-refractivity contribution is 0.267. The first-order valence-corrected chi connectivity index (χ1v) is 12.4. The van der Waals surface area contributed by atoms with Crippen LogP contribution in [0.1, 0.15) is 30.3 Å². The van der Waals surface area contributed by atoms with Crippen molar-refractivity contribution in [2.75, 3.05) is 13.2 Å². The lowest BCUT2D eigenvalue weighted by Crippen LogP contribution is -2.15. The maximum Gasteiger partial charge on any atom is 0.175 e. The zero-order chi connectivity index (χ0) is 23.9. The molecular formula is C26H26BrClFN3O2. The monoisotopic (exact) mass is 545 g/mol. The largest absolute Gasteiger partial charge is 0.490 e. The Hall–Kier alpha value is -2.61. The zero-order valence-corrected chi connectivity index (χ0v) is 21.2. The molecule has 8 heteroatoms. The molecule has 0 unspecified atom stereocenters. The number of hydrogen-bond acceptors (Lipinski definition) is 4. The summed E-state index contributed by atoms with van der Waals surface area (Å²) in [6, 6.07) is 16.3. The minimum absolute atomic E-state index is 0.206. The Labute approximate surface area is 211 Å². The van der Waals surface area contributed by atoms with Gasteiger partial charge in [0.2, 0.25) is 0 Å². The van der Waals surface area contributed by atoms with Crippen molar-refractivity contribution in [2.24, 2.45) is 0 Å². The van der Waals surface area contributed by atoms with Crippen molar-refractivity contribution >= 4 is 38.6 Å². The lowest BCUT2D eigenvalue weighted by Gasteiger charge is -2.16. The Kier molecular flexibility index (Phi) is 8.43. The number of nitrogens with one attached hydrogen (secondary N) is 2. The molecule has 0 radical (unpaired) electrons. The highest BCUT2D eigenvalue weighted by molar-refractivity contribution is 9.10. The van der Waals surface area contributed by atoms with Gasteiger partial charge in [0, 0.05) is 18.5 Å². The summed E-state index contributed by atoms with van der Waals surface area (Å²) in [4.78, 5) is 7.99. The second-order valence-electron chi connectivity index (χ2n) is 7.84. The summed E-state index contributed by atoms with van der Waals surface area (Å²) in [7, 11) is 0. The van der Waals surface area contributed by atoms with Crippen molar-refractivity contribution in [1.29, 1.82) is 0 Å². The van der Waals surface area contributed by atoms with E-state index >= 15 is 0 Å². The smallest absolute Gasteiger partial charge is 0.175 e. The van der Waals surface area contributed by atoms with E-state index in [1.165, 1.54) is 12.1 Å². The number of imidazole rings is 1. The molecule has 0 aliphatic rings. The van der Waals surface area contributed by atoms with Gasteiger partial charge in [-0.05, 0) is 77.8 Å². The Morgan fingerprint density at radius 2 is 1.97 bits per heavy atom. The molecule has 178 valence electrons. The van der Waals surface area contributed by atoms with Crippen LogP contribution in [0.25, 0.3) is 11.0 Å². The van der Waals surface area contributed by atoms with Gasteiger partial charge in [0.05, 0.1) is 27.1 Å². The predicted molar refractivity (Wildman–Crippen MR) is 137 cm³/mol. The summed E-state index contributed by atoms with van der Waals surface area (Å²) < 4.78 is 25.9. The number of H-pyrrole nitrogens is 1. The summed E-state index contributed by atoms with van der Waals surface area (Å²) in [5.74, 6) is 1.87. The number of ether oxygens (including phenoxy) is 2. The van der Waals surface area contributed by atoms with Crippen molar-refractivity contribution < 1.29 is 13.9 Å². The molecule has 1 aromatic heterocycles. The molecule has 0 saturated carbocycles. The number of aromatic amines is 1. The number of aromatic nitrogens is 2. The molecule has 0 aliphatic carbocycles. The van der Waals surface area contributed by atoms with Crippen LogP contribution in [0.15, 0.2) is 59.1 Å². The molecule has 0 amide bonds. The Bertz CT molecular complexity index is 1230. The first kappa shape index (κ1) is 24.5. The van der Waals surface area contributed by atoms with Crippen LogP contribution >= 0.6 is 27.5 Å². The zero-order valence-electron chi connectivity index (χ0n) is 18.8. The molecule has 0 saturated heterocycles. The molecule has 0 bridgehead atoms. The predicted octanol–water partition coefficient (Wildman–Crippen LogP) is 6.82. The summed E-state index contributed by atoms with van der Waals surface area (Å²) >= 11 is 9.73. The maximum absolute atomic E-state index is 13.3. The average Bonchev–Trinajstić information content (AvgIpc) is 3.22. The second kappa shape index (κ2) is 11.7. The minimum atomic E-state index is -0.376. The van der Waals surface area contributed by atoms with E-state index in [4.69, 9.17) is 21.1 Å². The van der Waals surface area contributed by atoms with Crippen molar-refractivity contribution in [3.8, 4) is 11.5 Å². The standard InChI is InChI=1S/C26H26BrClFN3O2/c1-2-33-24-13-17(12-20(27)26(24)34-16-18-9-10-19(29)14-21(18)28)15-30-11-5-8-25-31-22-6-3-4-7-23(22)32-25/h3-4,6-7,9-10,12-14,30H,2,5,8,11,15-16H2,1H3,(H,31,32). The molecule has 3 aromatic carbocycles. The quantitative estimate of drug-likeness (QED) is 0.203. The highest BCUT2D eigenvalue weighted by Gasteiger charge is 2.14. The molecule has 0 spiro atoms. The van der Waals surface area contributed by atoms with Crippen LogP contribution in [0.2, 0.25) is 5.02 Å². The number of aryl methyl sites for hydroxylation is 1. The van der Waals surface area contributed by atoms with Gasteiger partial charge in [-0.25, -0.2) is 9.37 Å². The first-order chi connectivity index (χ1) is 16.5. The van der Waals surface area contributed by atoms with Crippen LogP contribution in [0.4, 0.5) is 4.39 Å². The topological polar surface area (TPSA) is 59.2 Å². The summed E-state index contributed by atoms with van der Waals surface area (Å²) in [6.07, 6.45) is 1.85. The lowest BCUT2D eigenvalue weighted by atomic mass is 10.2. The van der Waals surface area contributed by atoms with Gasteiger partial charge in [0.15, 0.2) is 11.5 Å². The highest BCUT2D eigenvalue weighted by atomic mass is 79.9. The van der Waals surface area contributed by atoms with Gasteiger partial charge in [0.25, 0.3) is 0 Å². The van der Waals surface area contributed by atoms with E-state index in [-0.39, 0.29) is 12.4 Å². The molecule has 2 N–H and O–H groups in total. The van der Waals surface area contributed by atoms with Crippen LogP contribution in [-0.2, 0) is 19.6 Å². The molecule has 5 nitrogen and oxygen atoms in total. The van der Waals surface area contributed by atoms with Gasteiger partial charge in [0.1, 0.15) is 18.2 Å². The number of benzene rings is 3. The molecule has 0 fully saturated rings. The molecule has 34 heavy (non-hydrogen) atoms. The third-order valence-corrected chi connectivity index (χ3v) is 6.23. The van der Waals surface area contributed by atoms with Gasteiger partial charge in [-0.15, -0.1) is 0 Å². The third kappa shape index (κ3) is 6.29. The van der Waals surface area contributed by atoms with Gasteiger partial charge in [-0.2, -0.15) is 0 Å². The normalized spacial score (nSPS) is 11.2. The van der Waals surface area contributed by atoms with Crippen molar-refractivity contribution in [2.45, 2.75) is 32.9 Å². The van der Waals surface area contributed by atoms with Crippen LogP contribution in [0.5, 0.6) is 11.5 Å². The molecule has 0 aliphatic heterocycles. The average molecular weight is 547 g/mol. The van der Waals surface area contributed by atoms with Crippen molar-refractivity contribution in [1.82, 2.24) is 15.3 Å². The van der Waals surface area contributed by atoms with E-state index < -0.39 is 0 Å².